The van der Waals surface area contributed by atoms with Crippen molar-refractivity contribution >= 4 is 16.9 Å². The van der Waals surface area contributed by atoms with Crippen molar-refractivity contribution in [3.05, 3.63) is 78.4 Å². The van der Waals surface area contributed by atoms with Crippen molar-refractivity contribution in [2.75, 3.05) is 6.54 Å². The minimum Gasteiger partial charge on any atom is -0.410 e. The van der Waals surface area contributed by atoms with Gasteiger partial charge in [-0.3, -0.25) is 0 Å². The van der Waals surface area contributed by atoms with Gasteiger partial charge in [0, 0.05) is 12.6 Å². The second-order valence-electron chi connectivity index (χ2n) is 7.05. The molecule has 1 amide bonds. The van der Waals surface area contributed by atoms with E-state index in [1.165, 1.54) is 16.3 Å². The fourth-order valence-corrected chi connectivity index (χ4v) is 3.86. The number of likely N-dealkylation sites (tertiary alicyclic amines) is 1. The maximum Gasteiger partial charge on any atom is 0.415 e. The van der Waals surface area contributed by atoms with Gasteiger partial charge in [-0.2, -0.15) is 0 Å². The van der Waals surface area contributed by atoms with E-state index in [-0.39, 0.29) is 12.1 Å². The zero-order chi connectivity index (χ0) is 17.9. The summed E-state index contributed by atoms with van der Waals surface area (Å²) in [6, 6.07) is 24.6. The molecule has 0 spiro atoms. The van der Waals surface area contributed by atoms with Gasteiger partial charge in [-0.15, -0.1) is 0 Å². The Balaban J connectivity index is 1.44. The molecule has 26 heavy (non-hydrogen) atoms. The van der Waals surface area contributed by atoms with Crippen LogP contribution in [0.2, 0.25) is 0 Å². The standard InChI is InChI=1S/C23H23NO2/c1-17-15-21(20-12-11-18-7-5-6-8-19(18)16-20)13-14-24(17)23(25)26-22-9-3-2-4-10-22/h2-12,16-17,21H,13-15H2,1H3/t17-,21+/m0/s1. The van der Waals surface area contributed by atoms with Crippen LogP contribution < -0.4 is 4.74 Å². The van der Waals surface area contributed by atoms with Crippen LogP contribution in [0.15, 0.2) is 72.8 Å². The number of nitrogens with zero attached hydrogens (tertiary/aromatic N) is 1. The van der Waals surface area contributed by atoms with Crippen LogP contribution in [0.25, 0.3) is 10.8 Å². The first-order chi connectivity index (χ1) is 12.7. The van der Waals surface area contributed by atoms with Crippen molar-refractivity contribution in [3.63, 3.8) is 0 Å². The largest absolute Gasteiger partial charge is 0.415 e. The molecule has 0 N–H and O–H groups in total. The first kappa shape index (κ1) is 16.6. The van der Waals surface area contributed by atoms with Gasteiger partial charge in [-0.05, 0) is 54.2 Å². The summed E-state index contributed by atoms with van der Waals surface area (Å²) in [6.07, 6.45) is 1.68. The van der Waals surface area contributed by atoms with Crippen molar-refractivity contribution in [1.82, 2.24) is 4.90 Å². The first-order valence-corrected chi connectivity index (χ1v) is 9.23. The number of carbonyl (C=O) groups excluding carboxylic acids is 1. The summed E-state index contributed by atoms with van der Waals surface area (Å²) in [6.45, 7) is 2.84. The van der Waals surface area contributed by atoms with E-state index in [1.807, 2.05) is 35.2 Å². The van der Waals surface area contributed by atoms with Crippen LogP contribution in [0.4, 0.5) is 4.79 Å². The van der Waals surface area contributed by atoms with E-state index in [2.05, 4.69) is 49.4 Å². The quantitative estimate of drug-likeness (QED) is 0.604. The average Bonchev–Trinajstić information content (AvgIpc) is 2.68. The second-order valence-corrected chi connectivity index (χ2v) is 7.05. The Bertz CT molecular complexity index is 906. The summed E-state index contributed by atoms with van der Waals surface area (Å²) < 4.78 is 5.51. The highest BCUT2D eigenvalue weighted by molar-refractivity contribution is 5.83. The molecule has 3 nitrogen and oxygen atoms in total. The van der Waals surface area contributed by atoms with Gasteiger partial charge in [-0.1, -0.05) is 60.7 Å². The lowest BCUT2D eigenvalue weighted by Crippen LogP contribution is -2.45. The average molecular weight is 345 g/mol. The zero-order valence-electron chi connectivity index (χ0n) is 15.0. The van der Waals surface area contributed by atoms with E-state index in [9.17, 15) is 4.79 Å². The Morgan fingerprint density at radius 1 is 0.962 bits per heavy atom. The summed E-state index contributed by atoms with van der Waals surface area (Å²) >= 11 is 0. The van der Waals surface area contributed by atoms with Crippen molar-refractivity contribution in [3.8, 4) is 5.75 Å². The Kier molecular flexibility index (Phi) is 4.61. The number of benzene rings is 3. The molecule has 3 aromatic rings. The fraction of sp³-hybridized carbons (Fsp3) is 0.261. The van der Waals surface area contributed by atoms with E-state index < -0.39 is 0 Å². The summed E-state index contributed by atoms with van der Waals surface area (Å²) in [7, 11) is 0. The summed E-state index contributed by atoms with van der Waals surface area (Å²) in [4.78, 5) is 14.4. The predicted molar refractivity (Wildman–Crippen MR) is 105 cm³/mol. The number of ether oxygens (including phenoxy) is 1. The van der Waals surface area contributed by atoms with Crippen LogP contribution >= 0.6 is 0 Å². The third kappa shape index (κ3) is 3.43. The number of carbonyl (C=O) groups is 1. The number of fused-ring (bicyclic) bond motifs is 1. The number of hydrogen-bond acceptors (Lipinski definition) is 2. The highest BCUT2D eigenvalue weighted by atomic mass is 16.6. The zero-order valence-corrected chi connectivity index (χ0v) is 15.0. The van der Waals surface area contributed by atoms with Gasteiger partial charge in [0.05, 0.1) is 0 Å². The fourth-order valence-electron chi connectivity index (χ4n) is 3.86. The number of rotatable bonds is 2. The van der Waals surface area contributed by atoms with E-state index in [0.717, 1.165) is 19.4 Å². The number of hydrogen-bond donors (Lipinski definition) is 0. The van der Waals surface area contributed by atoms with Gasteiger partial charge in [-0.25, -0.2) is 4.79 Å². The molecule has 1 saturated heterocycles. The lowest BCUT2D eigenvalue weighted by molar-refractivity contribution is 0.113. The molecule has 0 radical (unpaired) electrons. The molecular weight excluding hydrogens is 322 g/mol. The van der Waals surface area contributed by atoms with E-state index in [4.69, 9.17) is 4.74 Å². The van der Waals surface area contributed by atoms with E-state index >= 15 is 0 Å². The maximum absolute atomic E-state index is 12.5. The van der Waals surface area contributed by atoms with Crippen LogP contribution in [0, 0.1) is 0 Å². The van der Waals surface area contributed by atoms with Gasteiger partial charge in [0.1, 0.15) is 5.75 Å². The molecule has 1 heterocycles. The highest BCUT2D eigenvalue weighted by Crippen LogP contribution is 2.33. The van der Waals surface area contributed by atoms with Crippen LogP contribution in [-0.4, -0.2) is 23.6 Å². The first-order valence-electron chi connectivity index (χ1n) is 9.23. The van der Waals surface area contributed by atoms with E-state index in [1.54, 1.807) is 0 Å². The molecule has 3 aromatic carbocycles. The summed E-state index contributed by atoms with van der Waals surface area (Å²) in [5, 5.41) is 2.55. The Morgan fingerprint density at radius 2 is 1.69 bits per heavy atom. The van der Waals surface area contributed by atoms with Crippen LogP contribution in [0.1, 0.15) is 31.2 Å². The van der Waals surface area contributed by atoms with Gasteiger partial charge >= 0.3 is 6.09 Å². The Hall–Kier alpha value is -2.81. The highest BCUT2D eigenvalue weighted by Gasteiger charge is 2.30. The molecule has 132 valence electrons. The molecular formula is C23H23NO2. The molecule has 0 unspecified atom stereocenters. The smallest absolute Gasteiger partial charge is 0.410 e. The van der Waals surface area contributed by atoms with Gasteiger partial charge < -0.3 is 9.64 Å². The van der Waals surface area contributed by atoms with Crippen molar-refractivity contribution in [2.24, 2.45) is 0 Å². The molecule has 0 saturated carbocycles. The minimum absolute atomic E-state index is 0.163. The molecule has 4 rings (SSSR count). The predicted octanol–water partition coefficient (Wildman–Crippen LogP) is 5.61. The third-order valence-corrected chi connectivity index (χ3v) is 5.30. The molecule has 1 aliphatic heterocycles. The Labute approximate surface area is 154 Å². The Morgan fingerprint density at radius 3 is 2.46 bits per heavy atom. The monoisotopic (exact) mass is 345 g/mol. The number of para-hydroxylation sites is 1. The third-order valence-electron chi connectivity index (χ3n) is 5.30. The summed E-state index contributed by atoms with van der Waals surface area (Å²) in [5.74, 6) is 1.08. The van der Waals surface area contributed by atoms with Crippen LogP contribution in [-0.2, 0) is 0 Å². The minimum atomic E-state index is -0.249. The topological polar surface area (TPSA) is 29.5 Å². The van der Waals surface area contributed by atoms with Crippen molar-refractivity contribution in [1.29, 1.82) is 0 Å². The molecule has 3 heteroatoms. The van der Waals surface area contributed by atoms with Crippen molar-refractivity contribution < 1.29 is 9.53 Å². The van der Waals surface area contributed by atoms with Crippen LogP contribution in [0.5, 0.6) is 5.75 Å². The molecule has 2 atom stereocenters. The molecule has 0 aliphatic carbocycles. The SMILES string of the molecule is C[C@H]1C[C@H](c2ccc3ccccc3c2)CCN1C(=O)Oc1ccccc1. The molecule has 0 bridgehead atoms. The number of piperidine rings is 1. The van der Waals surface area contributed by atoms with Crippen LogP contribution in [0.3, 0.4) is 0 Å². The lowest BCUT2D eigenvalue weighted by atomic mass is 9.85. The molecule has 1 fully saturated rings. The number of amides is 1. The van der Waals surface area contributed by atoms with Gasteiger partial charge in [0.25, 0.3) is 0 Å². The van der Waals surface area contributed by atoms with Gasteiger partial charge in [0.15, 0.2) is 0 Å². The van der Waals surface area contributed by atoms with Gasteiger partial charge in [0.2, 0.25) is 0 Å². The van der Waals surface area contributed by atoms with Crippen molar-refractivity contribution in [2.45, 2.75) is 31.7 Å². The molecule has 1 aliphatic rings. The lowest BCUT2D eigenvalue weighted by Gasteiger charge is -2.37. The van der Waals surface area contributed by atoms with E-state index in [0.29, 0.717) is 11.7 Å². The normalized spacial score (nSPS) is 20.1. The summed E-state index contributed by atoms with van der Waals surface area (Å²) in [5.41, 5.74) is 1.37. The maximum atomic E-state index is 12.5. The second kappa shape index (κ2) is 7.20. The molecule has 0 aromatic heterocycles.